The fourth-order valence-electron chi connectivity index (χ4n) is 2.61. The van der Waals surface area contributed by atoms with Gasteiger partial charge in [0.25, 0.3) is 0 Å². The number of aromatic nitrogens is 4. The van der Waals surface area contributed by atoms with Crippen molar-refractivity contribution in [1.29, 1.82) is 0 Å². The van der Waals surface area contributed by atoms with Crippen LogP contribution in [0.2, 0.25) is 0 Å². The Morgan fingerprint density at radius 2 is 1.85 bits per heavy atom. The van der Waals surface area contributed by atoms with Gasteiger partial charge in [-0.1, -0.05) is 42.5 Å². The third kappa shape index (κ3) is 3.23. The molecule has 0 aliphatic heterocycles. The summed E-state index contributed by atoms with van der Waals surface area (Å²) in [6.07, 6.45) is 4.73. The first-order chi connectivity index (χ1) is 12.8. The summed E-state index contributed by atoms with van der Waals surface area (Å²) in [5.41, 5.74) is 5.38. The minimum Gasteiger partial charge on any atom is -0.507 e. The molecule has 0 atom stereocenters. The minimum atomic E-state index is 0.168. The monoisotopic (exact) mass is 344 g/mol. The molecule has 2 aromatic heterocycles. The molecule has 26 heavy (non-hydrogen) atoms. The molecule has 7 heteroatoms. The van der Waals surface area contributed by atoms with Crippen LogP contribution in [0.5, 0.6) is 5.75 Å². The van der Waals surface area contributed by atoms with Crippen molar-refractivity contribution in [3.8, 4) is 5.75 Å². The zero-order valence-corrected chi connectivity index (χ0v) is 13.8. The second-order valence-corrected chi connectivity index (χ2v) is 5.68. The number of hydrogen-bond donors (Lipinski definition) is 2. The van der Waals surface area contributed by atoms with Crippen molar-refractivity contribution in [3.05, 3.63) is 78.2 Å². The first kappa shape index (κ1) is 15.8. The Balaban J connectivity index is 1.58. The Kier molecular flexibility index (Phi) is 4.26. The lowest BCUT2D eigenvalue weighted by atomic mass is 10.2. The molecule has 0 radical (unpaired) electrons. The van der Waals surface area contributed by atoms with Crippen LogP contribution < -0.4 is 5.43 Å². The number of hydrazone groups is 1. The van der Waals surface area contributed by atoms with Crippen LogP contribution in [0.1, 0.15) is 11.1 Å². The van der Waals surface area contributed by atoms with Gasteiger partial charge in [0.1, 0.15) is 12.1 Å². The summed E-state index contributed by atoms with van der Waals surface area (Å²) in [6.45, 7) is 0.627. The van der Waals surface area contributed by atoms with Crippen LogP contribution >= 0.6 is 0 Å². The van der Waals surface area contributed by atoms with E-state index in [1.54, 1.807) is 24.4 Å². The average molecular weight is 344 g/mol. The normalized spacial score (nSPS) is 11.2. The Hall–Kier alpha value is -3.74. The van der Waals surface area contributed by atoms with Gasteiger partial charge >= 0.3 is 0 Å². The van der Waals surface area contributed by atoms with E-state index in [1.165, 1.54) is 12.5 Å². The fourth-order valence-corrected chi connectivity index (χ4v) is 2.61. The maximum Gasteiger partial charge on any atom is 0.163 e. The molecule has 2 heterocycles. The third-order valence-electron chi connectivity index (χ3n) is 3.92. The van der Waals surface area contributed by atoms with Crippen LogP contribution in [0.3, 0.4) is 0 Å². The van der Waals surface area contributed by atoms with Gasteiger partial charge in [0, 0.05) is 5.56 Å². The highest BCUT2D eigenvalue weighted by Crippen LogP contribution is 2.20. The van der Waals surface area contributed by atoms with Crippen molar-refractivity contribution in [1.82, 2.24) is 19.7 Å². The predicted molar refractivity (Wildman–Crippen MR) is 100 cm³/mol. The lowest BCUT2D eigenvalue weighted by Gasteiger charge is -2.04. The molecule has 0 bridgehead atoms. The maximum absolute atomic E-state index is 9.76. The Bertz CT molecular complexity index is 1060. The molecule has 2 N–H and O–H groups in total. The quantitative estimate of drug-likeness (QED) is 0.429. The topological polar surface area (TPSA) is 88.2 Å². The van der Waals surface area contributed by atoms with Gasteiger partial charge in [-0.3, -0.25) is 5.43 Å². The third-order valence-corrected chi connectivity index (χ3v) is 3.92. The number of anilines is 1. The minimum absolute atomic E-state index is 0.168. The van der Waals surface area contributed by atoms with Gasteiger partial charge < -0.3 is 5.11 Å². The van der Waals surface area contributed by atoms with Gasteiger partial charge in [0.15, 0.2) is 11.5 Å². The molecule has 0 amide bonds. The maximum atomic E-state index is 9.76. The lowest BCUT2D eigenvalue weighted by molar-refractivity contribution is 0.474. The van der Waals surface area contributed by atoms with E-state index in [9.17, 15) is 5.11 Å². The number of benzene rings is 2. The lowest BCUT2D eigenvalue weighted by Crippen LogP contribution is -2.03. The van der Waals surface area contributed by atoms with E-state index in [2.05, 4.69) is 25.6 Å². The fraction of sp³-hybridized carbons (Fsp3) is 0.0526. The Labute approximate surface area is 149 Å². The van der Waals surface area contributed by atoms with E-state index in [4.69, 9.17) is 0 Å². The highest BCUT2D eigenvalue weighted by atomic mass is 16.3. The zero-order valence-electron chi connectivity index (χ0n) is 13.8. The molecule has 0 fully saturated rings. The number of para-hydroxylation sites is 1. The number of rotatable bonds is 5. The SMILES string of the molecule is Oc1ccccc1C=NNc1ncnc2c1cnn2Cc1ccccc1. The van der Waals surface area contributed by atoms with Crippen LogP contribution in [0.4, 0.5) is 5.82 Å². The Morgan fingerprint density at radius 3 is 2.69 bits per heavy atom. The molecule has 0 saturated heterocycles. The number of phenols is 1. The number of nitrogens with one attached hydrogen (secondary N) is 1. The van der Waals surface area contributed by atoms with E-state index in [-0.39, 0.29) is 5.75 Å². The predicted octanol–water partition coefficient (Wildman–Crippen LogP) is 3.03. The van der Waals surface area contributed by atoms with Gasteiger partial charge in [0.2, 0.25) is 0 Å². The molecule has 2 aromatic carbocycles. The molecule has 4 rings (SSSR count). The number of fused-ring (bicyclic) bond motifs is 1. The van der Waals surface area contributed by atoms with Crippen LogP contribution in [0.25, 0.3) is 11.0 Å². The van der Waals surface area contributed by atoms with Crippen molar-refractivity contribution in [2.24, 2.45) is 5.10 Å². The second-order valence-electron chi connectivity index (χ2n) is 5.68. The summed E-state index contributed by atoms with van der Waals surface area (Å²) < 4.78 is 1.82. The molecular formula is C19H16N6O. The molecular weight excluding hydrogens is 328 g/mol. The molecule has 0 aliphatic rings. The molecule has 4 aromatic rings. The van der Waals surface area contributed by atoms with Crippen LogP contribution in [-0.4, -0.2) is 31.1 Å². The van der Waals surface area contributed by atoms with E-state index in [1.807, 2.05) is 41.1 Å². The van der Waals surface area contributed by atoms with Crippen molar-refractivity contribution in [3.63, 3.8) is 0 Å². The van der Waals surface area contributed by atoms with Crippen molar-refractivity contribution in [2.75, 3.05) is 5.43 Å². The summed E-state index contributed by atoms with van der Waals surface area (Å²) in [5.74, 6) is 0.725. The number of hydrogen-bond acceptors (Lipinski definition) is 6. The summed E-state index contributed by atoms with van der Waals surface area (Å²) in [7, 11) is 0. The van der Waals surface area contributed by atoms with Crippen molar-refractivity contribution >= 4 is 23.1 Å². The Morgan fingerprint density at radius 1 is 1.04 bits per heavy atom. The first-order valence-electron chi connectivity index (χ1n) is 8.09. The first-order valence-corrected chi connectivity index (χ1v) is 8.09. The summed E-state index contributed by atoms with van der Waals surface area (Å²) in [5, 5.41) is 19.1. The summed E-state index contributed by atoms with van der Waals surface area (Å²) in [4.78, 5) is 8.56. The molecule has 0 aliphatic carbocycles. The second kappa shape index (κ2) is 7.02. The zero-order chi connectivity index (χ0) is 17.8. The van der Waals surface area contributed by atoms with Crippen LogP contribution in [0, 0.1) is 0 Å². The number of nitrogens with zero attached hydrogens (tertiary/aromatic N) is 5. The van der Waals surface area contributed by atoms with Crippen molar-refractivity contribution < 1.29 is 5.11 Å². The molecule has 0 unspecified atom stereocenters. The number of phenolic OH excluding ortho intramolecular Hbond substituents is 1. The average Bonchev–Trinajstić information content (AvgIpc) is 3.08. The van der Waals surface area contributed by atoms with Crippen LogP contribution in [-0.2, 0) is 6.54 Å². The van der Waals surface area contributed by atoms with E-state index >= 15 is 0 Å². The van der Waals surface area contributed by atoms with E-state index in [0.717, 1.165) is 16.6 Å². The van der Waals surface area contributed by atoms with Gasteiger partial charge in [-0.25, -0.2) is 14.6 Å². The van der Waals surface area contributed by atoms with Crippen molar-refractivity contribution in [2.45, 2.75) is 6.54 Å². The smallest absolute Gasteiger partial charge is 0.163 e. The molecule has 0 saturated carbocycles. The number of aromatic hydroxyl groups is 1. The summed E-state index contributed by atoms with van der Waals surface area (Å²) in [6, 6.07) is 17.0. The molecule has 0 spiro atoms. The summed E-state index contributed by atoms with van der Waals surface area (Å²) >= 11 is 0. The van der Waals surface area contributed by atoms with Gasteiger partial charge in [0.05, 0.1) is 24.3 Å². The highest BCUT2D eigenvalue weighted by molar-refractivity contribution is 5.88. The molecule has 7 nitrogen and oxygen atoms in total. The largest absolute Gasteiger partial charge is 0.507 e. The van der Waals surface area contributed by atoms with E-state index in [0.29, 0.717) is 17.9 Å². The van der Waals surface area contributed by atoms with Gasteiger partial charge in [-0.15, -0.1) is 0 Å². The standard InChI is InChI=1S/C19H16N6O/c26-17-9-5-4-8-15(17)10-22-24-18-16-11-23-25(19(16)21-13-20-18)12-14-6-2-1-3-7-14/h1-11,13,26H,12H2,(H,20,21,24). The van der Waals surface area contributed by atoms with Gasteiger partial charge in [-0.05, 0) is 17.7 Å². The van der Waals surface area contributed by atoms with Crippen LogP contribution in [0.15, 0.2) is 72.2 Å². The molecule has 128 valence electrons. The van der Waals surface area contributed by atoms with Gasteiger partial charge in [-0.2, -0.15) is 10.2 Å². The van der Waals surface area contributed by atoms with E-state index < -0.39 is 0 Å². The highest BCUT2D eigenvalue weighted by Gasteiger charge is 2.09.